The van der Waals surface area contributed by atoms with Crippen LogP contribution in [0.3, 0.4) is 0 Å². The first kappa shape index (κ1) is 16.3. The summed E-state index contributed by atoms with van der Waals surface area (Å²) >= 11 is 0. The largest absolute Gasteiger partial charge is 0.496 e. The first-order valence-corrected chi connectivity index (χ1v) is 7.94. The van der Waals surface area contributed by atoms with Crippen LogP contribution in [0.15, 0.2) is 24.3 Å². The van der Waals surface area contributed by atoms with Gasteiger partial charge in [0.25, 0.3) is 0 Å². The van der Waals surface area contributed by atoms with E-state index in [0.29, 0.717) is 12.0 Å². The monoisotopic (exact) mass is 291 g/mol. The van der Waals surface area contributed by atoms with Crippen molar-refractivity contribution < 1.29 is 9.84 Å². The molecule has 21 heavy (non-hydrogen) atoms. The van der Waals surface area contributed by atoms with E-state index < -0.39 is 5.60 Å². The lowest BCUT2D eigenvalue weighted by Crippen LogP contribution is -2.45. The second kappa shape index (κ2) is 6.37. The first-order valence-electron chi connectivity index (χ1n) is 7.94. The van der Waals surface area contributed by atoms with Crippen molar-refractivity contribution in [2.24, 2.45) is 5.41 Å². The molecule has 0 bridgehead atoms. The minimum Gasteiger partial charge on any atom is -0.496 e. The first-order chi connectivity index (χ1) is 9.85. The van der Waals surface area contributed by atoms with Gasteiger partial charge in [-0.05, 0) is 44.1 Å². The molecule has 0 spiro atoms. The Labute approximate surface area is 128 Å². The summed E-state index contributed by atoms with van der Waals surface area (Å²) in [6.45, 7) is 7.34. The summed E-state index contributed by atoms with van der Waals surface area (Å²) in [6.07, 6.45) is 3.94. The highest BCUT2D eigenvalue weighted by Gasteiger charge is 2.36. The van der Waals surface area contributed by atoms with Crippen molar-refractivity contribution in [1.82, 2.24) is 5.32 Å². The molecule has 0 aromatic heterocycles. The molecule has 0 saturated heterocycles. The average Bonchev–Trinajstić information content (AvgIpc) is 2.48. The zero-order valence-electron chi connectivity index (χ0n) is 13.8. The number of ether oxygens (including phenoxy) is 1. The van der Waals surface area contributed by atoms with Crippen molar-refractivity contribution in [3.05, 3.63) is 29.8 Å². The lowest BCUT2D eigenvalue weighted by molar-refractivity contribution is -0.0258. The lowest BCUT2D eigenvalue weighted by Gasteiger charge is -2.40. The quantitative estimate of drug-likeness (QED) is 0.869. The molecule has 1 fully saturated rings. The fourth-order valence-corrected chi connectivity index (χ4v) is 3.05. The summed E-state index contributed by atoms with van der Waals surface area (Å²) in [5, 5.41) is 14.2. The van der Waals surface area contributed by atoms with E-state index in [1.807, 2.05) is 18.2 Å². The molecular formula is C18H29NO2. The molecule has 1 atom stereocenters. The maximum atomic E-state index is 10.7. The third kappa shape index (κ3) is 4.21. The van der Waals surface area contributed by atoms with Crippen molar-refractivity contribution in [3.63, 3.8) is 0 Å². The van der Waals surface area contributed by atoms with E-state index in [1.54, 1.807) is 7.11 Å². The number of aliphatic hydroxyl groups is 1. The van der Waals surface area contributed by atoms with Crippen LogP contribution in [0.25, 0.3) is 0 Å². The summed E-state index contributed by atoms with van der Waals surface area (Å²) in [4.78, 5) is 0. The predicted octanol–water partition coefficient (Wildman–Crippen LogP) is 3.68. The van der Waals surface area contributed by atoms with Crippen molar-refractivity contribution in [2.45, 2.75) is 58.1 Å². The van der Waals surface area contributed by atoms with Gasteiger partial charge in [-0.2, -0.15) is 0 Å². The zero-order chi connectivity index (χ0) is 15.5. The van der Waals surface area contributed by atoms with Crippen molar-refractivity contribution in [1.29, 1.82) is 0 Å². The molecule has 2 rings (SSSR count). The van der Waals surface area contributed by atoms with Crippen LogP contribution in [0.2, 0.25) is 0 Å². The number of rotatable bonds is 5. The van der Waals surface area contributed by atoms with Crippen LogP contribution in [-0.4, -0.2) is 24.4 Å². The minimum absolute atomic E-state index is 0.167. The summed E-state index contributed by atoms with van der Waals surface area (Å²) in [5.74, 6) is 0.897. The molecular weight excluding hydrogens is 262 g/mol. The Morgan fingerprint density at radius 2 is 1.81 bits per heavy atom. The molecule has 1 unspecified atom stereocenters. The third-order valence-corrected chi connectivity index (χ3v) is 4.88. The SMILES string of the molecule is COc1ccccc1C(C)NCC1(O)CCC(C)(C)CC1. The molecule has 1 saturated carbocycles. The molecule has 2 N–H and O–H groups in total. The van der Waals surface area contributed by atoms with Crippen LogP contribution < -0.4 is 10.1 Å². The van der Waals surface area contributed by atoms with Crippen molar-refractivity contribution in [3.8, 4) is 5.75 Å². The topological polar surface area (TPSA) is 41.5 Å². The normalized spacial score (nSPS) is 21.8. The van der Waals surface area contributed by atoms with Crippen LogP contribution >= 0.6 is 0 Å². The number of para-hydroxylation sites is 1. The van der Waals surface area contributed by atoms with E-state index in [-0.39, 0.29) is 6.04 Å². The van der Waals surface area contributed by atoms with Gasteiger partial charge in [0.05, 0.1) is 12.7 Å². The van der Waals surface area contributed by atoms with Crippen LogP contribution in [0, 0.1) is 5.41 Å². The molecule has 0 radical (unpaired) electrons. The van der Waals surface area contributed by atoms with Crippen molar-refractivity contribution in [2.75, 3.05) is 13.7 Å². The number of hydrogen-bond acceptors (Lipinski definition) is 3. The van der Waals surface area contributed by atoms with Crippen LogP contribution in [-0.2, 0) is 0 Å². The molecule has 0 amide bonds. The van der Waals surface area contributed by atoms with Gasteiger partial charge in [-0.25, -0.2) is 0 Å². The molecule has 3 nitrogen and oxygen atoms in total. The van der Waals surface area contributed by atoms with Gasteiger partial charge >= 0.3 is 0 Å². The number of methoxy groups -OCH3 is 1. The highest BCUT2D eigenvalue weighted by atomic mass is 16.5. The highest BCUT2D eigenvalue weighted by molar-refractivity contribution is 5.35. The molecule has 1 aromatic rings. The van der Waals surface area contributed by atoms with Crippen LogP contribution in [0.5, 0.6) is 5.75 Å². The number of nitrogens with one attached hydrogen (secondary N) is 1. The van der Waals surface area contributed by atoms with E-state index in [9.17, 15) is 5.11 Å². The Morgan fingerprint density at radius 3 is 2.43 bits per heavy atom. The van der Waals surface area contributed by atoms with Gasteiger partial charge in [0, 0.05) is 18.2 Å². The van der Waals surface area contributed by atoms with Crippen LogP contribution in [0.1, 0.15) is 58.1 Å². The van der Waals surface area contributed by atoms with E-state index in [4.69, 9.17) is 4.74 Å². The zero-order valence-corrected chi connectivity index (χ0v) is 13.8. The molecule has 1 aliphatic rings. The van der Waals surface area contributed by atoms with Gasteiger partial charge in [-0.3, -0.25) is 0 Å². The fourth-order valence-electron chi connectivity index (χ4n) is 3.05. The highest BCUT2D eigenvalue weighted by Crippen LogP contribution is 2.40. The van der Waals surface area contributed by atoms with Gasteiger partial charge in [0.2, 0.25) is 0 Å². The fraction of sp³-hybridized carbons (Fsp3) is 0.667. The van der Waals surface area contributed by atoms with Crippen LogP contribution in [0.4, 0.5) is 0 Å². The van der Waals surface area contributed by atoms with Crippen molar-refractivity contribution >= 4 is 0 Å². The van der Waals surface area contributed by atoms with Gasteiger partial charge < -0.3 is 15.2 Å². The second-order valence-electron chi connectivity index (χ2n) is 7.23. The molecule has 0 heterocycles. The van der Waals surface area contributed by atoms with E-state index in [2.05, 4.69) is 32.2 Å². The van der Waals surface area contributed by atoms with E-state index in [1.165, 1.54) is 0 Å². The summed E-state index contributed by atoms with van der Waals surface area (Å²) in [6, 6.07) is 8.22. The third-order valence-electron chi connectivity index (χ3n) is 4.88. The lowest BCUT2D eigenvalue weighted by atomic mass is 9.71. The average molecular weight is 291 g/mol. The molecule has 1 aromatic carbocycles. The molecule has 3 heteroatoms. The summed E-state index contributed by atoms with van der Waals surface area (Å²) in [5.41, 5.74) is 0.950. The number of hydrogen-bond donors (Lipinski definition) is 2. The predicted molar refractivity (Wildman–Crippen MR) is 86.6 cm³/mol. The van der Waals surface area contributed by atoms with Gasteiger partial charge in [0.15, 0.2) is 0 Å². The smallest absolute Gasteiger partial charge is 0.123 e. The second-order valence-corrected chi connectivity index (χ2v) is 7.23. The Balaban J connectivity index is 1.93. The summed E-state index contributed by atoms with van der Waals surface area (Å²) < 4.78 is 5.41. The Kier molecular flexibility index (Phi) is 4.95. The minimum atomic E-state index is -0.564. The van der Waals surface area contributed by atoms with Gasteiger partial charge in [-0.15, -0.1) is 0 Å². The summed E-state index contributed by atoms with van der Waals surface area (Å²) in [7, 11) is 1.70. The Morgan fingerprint density at radius 1 is 1.19 bits per heavy atom. The number of benzene rings is 1. The van der Waals surface area contributed by atoms with E-state index >= 15 is 0 Å². The van der Waals surface area contributed by atoms with Gasteiger partial charge in [-0.1, -0.05) is 32.0 Å². The molecule has 0 aliphatic heterocycles. The van der Waals surface area contributed by atoms with E-state index in [0.717, 1.165) is 37.0 Å². The molecule has 118 valence electrons. The van der Waals surface area contributed by atoms with Gasteiger partial charge in [0.1, 0.15) is 5.75 Å². The standard InChI is InChI=1S/C18H29NO2/c1-14(15-7-5-6-8-16(15)21-4)19-13-18(20)11-9-17(2,3)10-12-18/h5-8,14,19-20H,9-13H2,1-4H3. The Bertz CT molecular complexity index is 460. The molecule has 1 aliphatic carbocycles. The Hall–Kier alpha value is -1.06. The maximum Gasteiger partial charge on any atom is 0.123 e. The maximum absolute atomic E-state index is 10.7.